The number of nitrogens with zero attached hydrogens (tertiary/aromatic N) is 4. The van der Waals surface area contributed by atoms with Crippen molar-refractivity contribution in [3.05, 3.63) is 102 Å². The highest BCUT2D eigenvalue weighted by Crippen LogP contribution is 2.30. The van der Waals surface area contributed by atoms with Gasteiger partial charge >= 0.3 is 0 Å². The molecule has 4 rings (SSSR count). The molecule has 0 aliphatic rings. The van der Waals surface area contributed by atoms with Crippen LogP contribution < -0.4 is 16.0 Å². The molecule has 0 aliphatic carbocycles. The zero-order valence-electron chi connectivity index (χ0n) is 16.9. The van der Waals surface area contributed by atoms with E-state index in [-0.39, 0.29) is 0 Å². The fourth-order valence-electron chi connectivity index (χ4n) is 3.28. The SMILES string of the molecule is Cc1ccnc(Nc2ncnc(N(Cc3ccccc3)Cc3ccccc3)c2N)c1. The summed E-state index contributed by atoms with van der Waals surface area (Å²) < 4.78 is 0. The quantitative estimate of drug-likeness (QED) is 0.471. The largest absolute Gasteiger partial charge is 0.393 e. The van der Waals surface area contributed by atoms with Gasteiger partial charge in [0.05, 0.1) is 0 Å². The van der Waals surface area contributed by atoms with Gasteiger partial charge in [-0.3, -0.25) is 0 Å². The van der Waals surface area contributed by atoms with Crippen molar-refractivity contribution in [1.29, 1.82) is 0 Å². The smallest absolute Gasteiger partial charge is 0.160 e. The highest BCUT2D eigenvalue weighted by molar-refractivity contribution is 5.77. The minimum Gasteiger partial charge on any atom is -0.393 e. The van der Waals surface area contributed by atoms with Crippen molar-refractivity contribution in [3.8, 4) is 0 Å². The minimum atomic E-state index is 0.493. The molecule has 0 unspecified atom stereocenters. The van der Waals surface area contributed by atoms with Crippen molar-refractivity contribution in [1.82, 2.24) is 15.0 Å². The summed E-state index contributed by atoms with van der Waals surface area (Å²) in [4.78, 5) is 15.4. The molecule has 0 amide bonds. The van der Waals surface area contributed by atoms with Gasteiger partial charge in [0.1, 0.15) is 17.8 Å². The number of anilines is 4. The number of rotatable bonds is 7. The summed E-state index contributed by atoms with van der Waals surface area (Å²) in [7, 11) is 0. The lowest BCUT2D eigenvalue weighted by Crippen LogP contribution is -2.24. The second-order valence-electron chi connectivity index (χ2n) is 7.13. The molecule has 6 nitrogen and oxygen atoms in total. The molecule has 0 saturated heterocycles. The third kappa shape index (κ3) is 4.72. The predicted molar refractivity (Wildman–Crippen MR) is 121 cm³/mol. The Morgan fingerprint density at radius 1 is 0.833 bits per heavy atom. The van der Waals surface area contributed by atoms with E-state index in [9.17, 15) is 0 Å². The van der Waals surface area contributed by atoms with Gasteiger partial charge in [-0.1, -0.05) is 60.7 Å². The number of nitrogen functional groups attached to an aromatic ring is 1. The first-order valence-electron chi connectivity index (χ1n) is 9.82. The van der Waals surface area contributed by atoms with Crippen LogP contribution in [-0.2, 0) is 13.1 Å². The zero-order chi connectivity index (χ0) is 20.8. The Hall–Kier alpha value is -3.93. The Labute approximate surface area is 176 Å². The van der Waals surface area contributed by atoms with E-state index in [1.807, 2.05) is 55.5 Å². The van der Waals surface area contributed by atoms with E-state index < -0.39 is 0 Å². The lowest BCUT2D eigenvalue weighted by atomic mass is 10.1. The molecular weight excluding hydrogens is 372 g/mol. The van der Waals surface area contributed by atoms with Gasteiger partial charge in [-0.05, 0) is 35.7 Å². The van der Waals surface area contributed by atoms with E-state index in [1.165, 1.54) is 17.5 Å². The van der Waals surface area contributed by atoms with Crippen LogP contribution in [-0.4, -0.2) is 15.0 Å². The third-order valence-corrected chi connectivity index (χ3v) is 4.76. The molecule has 0 bridgehead atoms. The van der Waals surface area contributed by atoms with Crippen molar-refractivity contribution in [3.63, 3.8) is 0 Å². The van der Waals surface area contributed by atoms with Crippen molar-refractivity contribution < 1.29 is 0 Å². The van der Waals surface area contributed by atoms with Crippen molar-refractivity contribution >= 4 is 23.1 Å². The Morgan fingerprint density at radius 2 is 1.47 bits per heavy atom. The van der Waals surface area contributed by atoms with Crippen LogP contribution in [0.4, 0.5) is 23.1 Å². The van der Waals surface area contributed by atoms with Gasteiger partial charge in [0.25, 0.3) is 0 Å². The highest BCUT2D eigenvalue weighted by atomic mass is 15.2. The van der Waals surface area contributed by atoms with Gasteiger partial charge in [0.15, 0.2) is 11.6 Å². The topological polar surface area (TPSA) is 80.0 Å². The molecule has 0 radical (unpaired) electrons. The molecular formula is C24H24N6. The van der Waals surface area contributed by atoms with E-state index in [0.717, 1.165) is 5.56 Å². The maximum Gasteiger partial charge on any atom is 0.160 e. The molecule has 30 heavy (non-hydrogen) atoms. The van der Waals surface area contributed by atoms with Gasteiger partial charge < -0.3 is 16.0 Å². The Balaban J connectivity index is 1.67. The Morgan fingerprint density at radius 3 is 2.07 bits per heavy atom. The number of aromatic nitrogens is 3. The summed E-state index contributed by atoms with van der Waals surface area (Å²) in [6.45, 7) is 3.38. The first kappa shape index (κ1) is 19.4. The number of hydrogen-bond acceptors (Lipinski definition) is 6. The van der Waals surface area contributed by atoms with Gasteiger partial charge in [0.2, 0.25) is 0 Å². The average molecular weight is 396 g/mol. The maximum atomic E-state index is 6.52. The molecule has 0 atom stereocenters. The Bertz CT molecular complexity index is 1060. The van der Waals surface area contributed by atoms with Crippen LogP contribution in [0.15, 0.2) is 85.3 Å². The lowest BCUT2D eigenvalue weighted by molar-refractivity contribution is 0.782. The van der Waals surface area contributed by atoms with Crippen molar-refractivity contribution in [2.75, 3.05) is 16.0 Å². The fraction of sp³-hybridized carbons (Fsp3) is 0.125. The van der Waals surface area contributed by atoms with Crippen LogP contribution in [0.1, 0.15) is 16.7 Å². The summed E-state index contributed by atoms with van der Waals surface area (Å²) in [6, 6.07) is 24.5. The van der Waals surface area contributed by atoms with Gasteiger partial charge in [-0.25, -0.2) is 15.0 Å². The van der Waals surface area contributed by atoms with E-state index in [0.29, 0.717) is 36.2 Å². The molecule has 0 spiro atoms. The lowest BCUT2D eigenvalue weighted by Gasteiger charge is -2.26. The normalized spacial score (nSPS) is 10.6. The molecule has 0 saturated carbocycles. The summed E-state index contributed by atoms with van der Waals surface area (Å²) in [5.74, 6) is 1.93. The number of pyridine rings is 1. The summed E-state index contributed by atoms with van der Waals surface area (Å²) in [5, 5.41) is 3.22. The summed E-state index contributed by atoms with van der Waals surface area (Å²) >= 11 is 0. The molecule has 6 heteroatoms. The second-order valence-corrected chi connectivity index (χ2v) is 7.13. The Kier molecular flexibility index (Phi) is 5.85. The van der Waals surface area contributed by atoms with E-state index in [1.54, 1.807) is 6.20 Å². The van der Waals surface area contributed by atoms with Crippen LogP contribution in [0, 0.1) is 6.92 Å². The first-order chi connectivity index (χ1) is 14.7. The van der Waals surface area contributed by atoms with E-state index in [2.05, 4.69) is 49.4 Å². The van der Waals surface area contributed by atoms with E-state index >= 15 is 0 Å². The molecule has 2 aromatic heterocycles. The summed E-state index contributed by atoms with van der Waals surface area (Å²) in [5.41, 5.74) is 10.5. The average Bonchev–Trinajstić information content (AvgIpc) is 2.76. The molecule has 150 valence electrons. The number of hydrogen-bond donors (Lipinski definition) is 2. The number of benzene rings is 2. The predicted octanol–water partition coefficient (Wildman–Crippen LogP) is 4.71. The van der Waals surface area contributed by atoms with E-state index in [4.69, 9.17) is 5.73 Å². The van der Waals surface area contributed by atoms with Crippen LogP contribution in [0.2, 0.25) is 0 Å². The zero-order valence-corrected chi connectivity index (χ0v) is 16.9. The molecule has 2 heterocycles. The first-order valence-corrected chi connectivity index (χ1v) is 9.82. The number of aryl methyl sites for hydroxylation is 1. The molecule has 0 fully saturated rings. The monoisotopic (exact) mass is 396 g/mol. The second kappa shape index (κ2) is 9.05. The maximum absolute atomic E-state index is 6.52. The highest BCUT2D eigenvalue weighted by Gasteiger charge is 2.17. The van der Waals surface area contributed by atoms with Crippen LogP contribution in [0.3, 0.4) is 0 Å². The van der Waals surface area contributed by atoms with Gasteiger partial charge in [0, 0.05) is 19.3 Å². The van der Waals surface area contributed by atoms with Crippen LogP contribution in [0.25, 0.3) is 0 Å². The minimum absolute atomic E-state index is 0.493. The number of nitrogens with one attached hydrogen (secondary N) is 1. The standard InChI is InChI=1S/C24H24N6/c1-18-12-13-26-21(14-18)29-23-22(25)24(28-17-27-23)30(15-19-8-4-2-5-9-19)16-20-10-6-3-7-11-20/h2-14,17H,15-16,25H2,1H3,(H,26,27,28,29). The van der Waals surface area contributed by atoms with Crippen LogP contribution in [0.5, 0.6) is 0 Å². The molecule has 0 aliphatic heterocycles. The molecule has 3 N–H and O–H groups in total. The number of nitrogens with two attached hydrogens (primary N) is 1. The van der Waals surface area contributed by atoms with Gasteiger partial charge in [-0.2, -0.15) is 0 Å². The fourth-order valence-corrected chi connectivity index (χ4v) is 3.28. The summed E-state index contributed by atoms with van der Waals surface area (Å²) in [6.07, 6.45) is 3.29. The molecule has 4 aromatic rings. The van der Waals surface area contributed by atoms with Crippen LogP contribution >= 0.6 is 0 Å². The van der Waals surface area contributed by atoms with Crippen molar-refractivity contribution in [2.24, 2.45) is 0 Å². The molecule has 2 aromatic carbocycles. The third-order valence-electron chi connectivity index (χ3n) is 4.76. The van der Waals surface area contributed by atoms with Gasteiger partial charge in [-0.15, -0.1) is 0 Å². The van der Waals surface area contributed by atoms with Crippen molar-refractivity contribution in [2.45, 2.75) is 20.0 Å².